The first-order valence-electron chi connectivity index (χ1n) is 6.44. The van der Waals surface area contributed by atoms with E-state index in [-0.39, 0.29) is 11.3 Å². The van der Waals surface area contributed by atoms with Crippen LogP contribution < -0.4 is 10.1 Å². The number of aryl methyl sites for hydroxylation is 1. The molecule has 108 valence electrons. The smallest absolute Gasteiger partial charge is 0.322 e. The maximum atomic E-state index is 5.83. The second kappa shape index (κ2) is 7.04. The summed E-state index contributed by atoms with van der Waals surface area (Å²) in [6, 6.07) is 0.240. The Morgan fingerprint density at radius 2 is 2.20 bits per heavy atom. The molecule has 7 nitrogen and oxygen atoms in total. The first-order valence-corrected chi connectivity index (χ1v) is 6.82. The minimum absolute atomic E-state index is 0.114. The second-order valence-electron chi connectivity index (χ2n) is 4.27. The van der Waals surface area contributed by atoms with E-state index in [2.05, 4.69) is 25.4 Å². The molecular weight excluding hydrogens is 280 g/mol. The number of rotatable bonds is 7. The highest BCUT2D eigenvalue weighted by atomic mass is 35.5. The molecule has 0 fully saturated rings. The van der Waals surface area contributed by atoms with Gasteiger partial charge in [0.1, 0.15) is 0 Å². The van der Waals surface area contributed by atoms with Crippen molar-refractivity contribution >= 4 is 17.5 Å². The fourth-order valence-corrected chi connectivity index (χ4v) is 1.69. The Hall–Kier alpha value is -1.89. The van der Waals surface area contributed by atoms with E-state index in [0.29, 0.717) is 25.6 Å². The molecule has 8 heteroatoms. The number of nitrogens with one attached hydrogen (secondary N) is 1. The summed E-state index contributed by atoms with van der Waals surface area (Å²) < 4.78 is 7.19. The van der Waals surface area contributed by atoms with Crippen LogP contribution >= 0.6 is 11.6 Å². The van der Waals surface area contributed by atoms with E-state index in [4.69, 9.17) is 16.3 Å². The zero-order chi connectivity index (χ0) is 14.4. The van der Waals surface area contributed by atoms with Crippen molar-refractivity contribution in [2.24, 2.45) is 0 Å². The Labute approximate surface area is 122 Å². The van der Waals surface area contributed by atoms with E-state index in [1.807, 2.05) is 30.9 Å². The van der Waals surface area contributed by atoms with Gasteiger partial charge in [0.15, 0.2) is 0 Å². The van der Waals surface area contributed by atoms with E-state index < -0.39 is 0 Å². The van der Waals surface area contributed by atoms with Gasteiger partial charge in [-0.1, -0.05) is 6.92 Å². The third-order valence-electron chi connectivity index (χ3n) is 2.41. The molecule has 0 atom stereocenters. The number of halogens is 1. The Kier molecular flexibility index (Phi) is 5.11. The molecule has 0 bridgehead atoms. The van der Waals surface area contributed by atoms with Gasteiger partial charge >= 0.3 is 6.01 Å². The fraction of sp³-hybridized carbons (Fsp3) is 0.500. The van der Waals surface area contributed by atoms with Gasteiger partial charge in [0.05, 0.1) is 19.3 Å². The molecule has 0 aliphatic rings. The number of anilines is 1. The van der Waals surface area contributed by atoms with Gasteiger partial charge in [-0.05, 0) is 30.5 Å². The Bertz CT molecular complexity index is 559. The number of ether oxygens (including phenoxy) is 1. The average Bonchev–Trinajstić information content (AvgIpc) is 2.81. The summed E-state index contributed by atoms with van der Waals surface area (Å²) in [6.45, 7) is 5.90. The summed E-state index contributed by atoms with van der Waals surface area (Å²) in [5.41, 5.74) is 1.13. The van der Waals surface area contributed by atoms with Crippen LogP contribution in [0.5, 0.6) is 6.01 Å². The molecule has 2 aromatic rings. The van der Waals surface area contributed by atoms with Gasteiger partial charge < -0.3 is 10.1 Å². The molecule has 0 aliphatic carbocycles. The summed E-state index contributed by atoms with van der Waals surface area (Å²) in [5, 5.41) is 7.38. The van der Waals surface area contributed by atoms with Crippen LogP contribution in [0.2, 0.25) is 5.28 Å². The maximum Gasteiger partial charge on any atom is 0.322 e. The number of aromatic nitrogens is 5. The molecule has 1 N–H and O–H groups in total. The largest absolute Gasteiger partial charge is 0.463 e. The highest BCUT2D eigenvalue weighted by molar-refractivity contribution is 6.28. The van der Waals surface area contributed by atoms with Crippen molar-refractivity contribution in [3.8, 4) is 6.01 Å². The molecule has 0 saturated heterocycles. The molecule has 0 saturated carbocycles. The van der Waals surface area contributed by atoms with Crippen molar-refractivity contribution in [1.29, 1.82) is 0 Å². The predicted molar refractivity (Wildman–Crippen MR) is 76.1 cm³/mol. The van der Waals surface area contributed by atoms with Gasteiger partial charge in [-0.15, -0.1) is 0 Å². The van der Waals surface area contributed by atoms with Crippen LogP contribution in [0.25, 0.3) is 0 Å². The van der Waals surface area contributed by atoms with Crippen LogP contribution in [0.4, 0.5) is 5.95 Å². The molecule has 0 spiro atoms. The monoisotopic (exact) mass is 296 g/mol. The van der Waals surface area contributed by atoms with Crippen LogP contribution in [0.1, 0.15) is 18.9 Å². The van der Waals surface area contributed by atoms with Gasteiger partial charge in [-0.3, -0.25) is 4.68 Å². The molecule has 2 heterocycles. The Balaban J connectivity index is 1.89. The second-order valence-corrected chi connectivity index (χ2v) is 4.60. The molecule has 0 unspecified atom stereocenters. The molecule has 0 aromatic carbocycles. The summed E-state index contributed by atoms with van der Waals surface area (Å²) in [4.78, 5) is 12.0. The van der Waals surface area contributed by atoms with Gasteiger partial charge in [-0.25, -0.2) is 0 Å². The summed E-state index contributed by atoms with van der Waals surface area (Å²) >= 11 is 5.83. The fourth-order valence-electron chi connectivity index (χ4n) is 1.54. The van der Waals surface area contributed by atoms with E-state index >= 15 is 0 Å². The lowest BCUT2D eigenvalue weighted by atomic mass is 10.4. The third kappa shape index (κ3) is 4.34. The van der Waals surface area contributed by atoms with E-state index in [1.165, 1.54) is 0 Å². The standard InChI is InChI=1S/C12H17ClN6O/c1-3-6-20-12-17-10(13)16-11(18-12)14-4-5-19-8-9(2)7-15-19/h7-8H,3-6H2,1-2H3,(H,14,16,17,18). The van der Waals surface area contributed by atoms with Crippen LogP contribution in [0.3, 0.4) is 0 Å². The van der Waals surface area contributed by atoms with Crippen molar-refractivity contribution in [3.63, 3.8) is 0 Å². The number of hydrogen-bond acceptors (Lipinski definition) is 6. The summed E-state index contributed by atoms with van der Waals surface area (Å²) in [6.07, 6.45) is 4.67. The third-order valence-corrected chi connectivity index (χ3v) is 2.58. The highest BCUT2D eigenvalue weighted by Crippen LogP contribution is 2.11. The molecule has 2 rings (SSSR count). The summed E-state index contributed by atoms with van der Waals surface area (Å²) in [7, 11) is 0. The highest BCUT2D eigenvalue weighted by Gasteiger charge is 2.05. The molecule has 0 aliphatic heterocycles. The first kappa shape index (κ1) is 14.5. The van der Waals surface area contributed by atoms with Gasteiger partial charge in [0.2, 0.25) is 11.2 Å². The van der Waals surface area contributed by atoms with E-state index in [0.717, 1.165) is 12.0 Å². The molecular formula is C12H17ClN6O. The normalized spacial score (nSPS) is 10.6. The average molecular weight is 297 g/mol. The van der Waals surface area contributed by atoms with Gasteiger partial charge in [0, 0.05) is 12.7 Å². The van der Waals surface area contributed by atoms with Crippen LogP contribution in [-0.2, 0) is 6.54 Å². The lowest BCUT2D eigenvalue weighted by molar-refractivity contribution is 0.291. The van der Waals surface area contributed by atoms with Crippen LogP contribution in [0.15, 0.2) is 12.4 Å². The summed E-state index contributed by atoms with van der Waals surface area (Å²) in [5.74, 6) is 0.403. The molecule has 2 aromatic heterocycles. The molecule has 0 amide bonds. The van der Waals surface area contributed by atoms with Gasteiger partial charge in [0.25, 0.3) is 0 Å². The predicted octanol–water partition coefficient (Wildman–Crippen LogP) is 1.93. The Morgan fingerprint density at radius 3 is 2.90 bits per heavy atom. The van der Waals surface area contributed by atoms with E-state index in [9.17, 15) is 0 Å². The zero-order valence-electron chi connectivity index (χ0n) is 11.5. The zero-order valence-corrected chi connectivity index (χ0v) is 12.3. The lowest BCUT2D eigenvalue weighted by Crippen LogP contribution is -2.13. The maximum absolute atomic E-state index is 5.83. The van der Waals surface area contributed by atoms with E-state index in [1.54, 1.807) is 0 Å². The van der Waals surface area contributed by atoms with Crippen LogP contribution in [0, 0.1) is 6.92 Å². The minimum Gasteiger partial charge on any atom is -0.463 e. The number of hydrogen-bond donors (Lipinski definition) is 1. The quantitative estimate of drug-likeness (QED) is 0.841. The minimum atomic E-state index is 0.114. The van der Waals surface area contributed by atoms with Gasteiger partial charge in [-0.2, -0.15) is 20.1 Å². The molecule has 20 heavy (non-hydrogen) atoms. The lowest BCUT2D eigenvalue weighted by Gasteiger charge is -2.07. The van der Waals surface area contributed by atoms with Crippen molar-refractivity contribution in [2.45, 2.75) is 26.8 Å². The molecule has 0 radical (unpaired) electrons. The number of nitrogens with zero attached hydrogens (tertiary/aromatic N) is 5. The van der Waals surface area contributed by atoms with Crippen molar-refractivity contribution in [3.05, 3.63) is 23.2 Å². The SMILES string of the molecule is CCCOc1nc(Cl)nc(NCCn2cc(C)cn2)n1. The van der Waals surface area contributed by atoms with Crippen molar-refractivity contribution in [2.75, 3.05) is 18.5 Å². The van der Waals surface area contributed by atoms with Crippen molar-refractivity contribution in [1.82, 2.24) is 24.7 Å². The van der Waals surface area contributed by atoms with Crippen molar-refractivity contribution < 1.29 is 4.74 Å². The van der Waals surface area contributed by atoms with Crippen LogP contribution in [-0.4, -0.2) is 37.9 Å². The first-order chi connectivity index (χ1) is 9.67. The Morgan fingerprint density at radius 1 is 1.35 bits per heavy atom. The topological polar surface area (TPSA) is 77.8 Å².